The van der Waals surface area contributed by atoms with Gasteiger partial charge in [-0.1, -0.05) is 12.1 Å². The van der Waals surface area contributed by atoms with Crippen LogP contribution < -0.4 is 9.47 Å². The number of nitrogens with zero attached hydrogens (tertiary/aromatic N) is 3. The minimum Gasteiger partial charge on any atom is -0.486 e. The molecule has 0 radical (unpaired) electrons. The van der Waals surface area contributed by atoms with Crippen LogP contribution in [0.25, 0.3) is 11.7 Å². The first kappa shape index (κ1) is 14.8. The standard InChI is InChI=1S/C17H17N3O4/c1-20(9-12-11-22-13-5-2-3-6-14(13)23-12)10-16-18-19-17(24-16)15-7-4-8-21-15/h2-8,12H,9-11H2,1H3/t12-/m1/s1. The van der Waals surface area contributed by atoms with Gasteiger partial charge in [-0.15, -0.1) is 10.2 Å². The maximum Gasteiger partial charge on any atom is 0.283 e. The van der Waals surface area contributed by atoms with Crippen LogP contribution in [-0.2, 0) is 6.54 Å². The highest BCUT2D eigenvalue weighted by atomic mass is 16.6. The summed E-state index contributed by atoms with van der Waals surface area (Å²) in [5.74, 6) is 3.05. The van der Waals surface area contributed by atoms with E-state index in [-0.39, 0.29) is 6.10 Å². The fourth-order valence-electron chi connectivity index (χ4n) is 2.61. The molecule has 0 aliphatic carbocycles. The molecule has 2 aromatic heterocycles. The quantitative estimate of drug-likeness (QED) is 0.713. The molecule has 0 saturated carbocycles. The number of benzene rings is 1. The average molecular weight is 327 g/mol. The molecule has 1 atom stereocenters. The normalized spacial score (nSPS) is 16.5. The fourth-order valence-corrected chi connectivity index (χ4v) is 2.61. The smallest absolute Gasteiger partial charge is 0.283 e. The molecular weight excluding hydrogens is 310 g/mol. The van der Waals surface area contributed by atoms with Gasteiger partial charge in [-0.3, -0.25) is 4.90 Å². The van der Waals surface area contributed by atoms with Crippen molar-refractivity contribution in [3.8, 4) is 23.1 Å². The topological polar surface area (TPSA) is 73.8 Å². The van der Waals surface area contributed by atoms with E-state index in [2.05, 4.69) is 15.1 Å². The lowest BCUT2D eigenvalue weighted by atomic mass is 10.2. The molecule has 0 saturated heterocycles. The summed E-state index contributed by atoms with van der Waals surface area (Å²) >= 11 is 0. The summed E-state index contributed by atoms with van der Waals surface area (Å²) in [7, 11) is 1.97. The number of likely N-dealkylation sites (N-methyl/N-ethyl adjacent to an activating group) is 1. The van der Waals surface area contributed by atoms with Crippen molar-refractivity contribution in [1.29, 1.82) is 0 Å². The fraction of sp³-hybridized carbons (Fsp3) is 0.294. The Bertz CT molecular complexity index is 800. The number of hydrogen-bond donors (Lipinski definition) is 0. The molecule has 124 valence electrons. The van der Waals surface area contributed by atoms with Crippen molar-refractivity contribution in [2.75, 3.05) is 20.2 Å². The number of para-hydroxylation sites is 2. The number of furan rings is 1. The Morgan fingerprint density at radius 3 is 2.83 bits per heavy atom. The van der Waals surface area contributed by atoms with Crippen LogP contribution in [0.5, 0.6) is 11.5 Å². The number of aromatic nitrogens is 2. The number of hydrogen-bond acceptors (Lipinski definition) is 7. The van der Waals surface area contributed by atoms with Crippen molar-refractivity contribution in [2.24, 2.45) is 0 Å². The first-order chi connectivity index (χ1) is 11.8. The first-order valence-corrected chi connectivity index (χ1v) is 7.71. The molecule has 0 fully saturated rings. The molecule has 0 N–H and O–H groups in total. The largest absolute Gasteiger partial charge is 0.486 e. The van der Waals surface area contributed by atoms with Crippen molar-refractivity contribution in [1.82, 2.24) is 15.1 Å². The Balaban J connectivity index is 1.35. The van der Waals surface area contributed by atoms with E-state index in [1.165, 1.54) is 0 Å². The number of ether oxygens (including phenoxy) is 2. The second kappa shape index (κ2) is 6.37. The van der Waals surface area contributed by atoms with E-state index >= 15 is 0 Å². The summed E-state index contributed by atoms with van der Waals surface area (Å²) in [5.41, 5.74) is 0. The molecule has 0 spiro atoms. The first-order valence-electron chi connectivity index (χ1n) is 7.71. The van der Waals surface area contributed by atoms with Gasteiger partial charge in [-0.25, -0.2) is 0 Å². The van der Waals surface area contributed by atoms with Crippen molar-refractivity contribution in [3.63, 3.8) is 0 Å². The van der Waals surface area contributed by atoms with E-state index in [0.29, 0.717) is 37.2 Å². The average Bonchev–Trinajstić information content (AvgIpc) is 3.26. The van der Waals surface area contributed by atoms with E-state index in [0.717, 1.165) is 11.5 Å². The lowest BCUT2D eigenvalue weighted by Gasteiger charge is -2.29. The minimum atomic E-state index is -0.0441. The Kier molecular flexibility index (Phi) is 3.92. The van der Waals surface area contributed by atoms with Gasteiger partial charge in [0.2, 0.25) is 5.89 Å². The number of fused-ring (bicyclic) bond motifs is 1. The van der Waals surface area contributed by atoms with Crippen LogP contribution in [-0.4, -0.2) is 41.4 Å². The molecule has 7 nitrogen and oxygen atoms in total. The molecular formula is C17H17N3O4. The molecule has 0 bridgehead atoms. The zero-order valence-corrected chi connectivity index (χ0v) is 13.2. The molecule has 3 heterocycles. The zero-order valence-electron chi connectivity index (χ0n) is 13.2. The molecule has 0 unspecified atom stereocenters. The second-order valence-corrected chi connectivity index (χ2v) is 5.67. The molecule has 1 aromatic carbocycles. The van der Waals surface area contributed by atoms with E-state index < -0.39 is 0 Å². The Morgan fingerprint density at radius 2 is 2.00 bits per heavy atom. The van der Waals surface area contributed by atoms with Crippen LogP contribution in [0.15, 0.2) is 51.5 Å². The predicted molar refractivity (Wildman–Crippen MR) is 84.7 cm³/mol. The molecule has 4 rings (SSSR count). The van der Waals surface area contributed by atoms with Gasteiger partial charge in [0.1, 0.15) is 12.7 Å². The van der Waals surface area contributed by atoms with Gasteiger partial charge in [-0.2, -0.15) is 0 Å². The van der Waals surface area contributed by atoms with E-state index in [1.54, 1.807) is 18.4 Å². The highest BCUT2D eigenvalue weighted by Gasteiger charge is 2.22. The summed E-state index contributed by atoms with van der Waals surface area (Å²) in [6, 6.07) is 11.2. The molecule has 7 heteroatoms. The van der Waals surface area contributed by atoms with Gasteiger partial charge in [0, 0.05) is 6.54 Å². The highest BCUT2D eigenvalue weighted by molar-refractivity contribution is 5.42. The Morgan fingerprint density at radius 1 is 1.12 bits per heavy atom. The zero-order chi connectivity index (χ0) is 16.4. The third-order valence-electron chi connectivity index (χ3n) is 3.69. The van der Waals surface area contributed by atoms with Crippen LogP contribution in [0.2, 0.25) is 0 Å². The Labute approximate surface area is 138 Å². The maximum atomic E-state index is 5.96. The van der Waals surface area contributed by atoms with E-state index in [4.69, 9.17) is 18.3 Å². The van der Waals surface area contributed by atoms with Crippen LogP contribution in [0.3, 0.4) is 0 Å². The molecule has 1 aliphatic rings. The summed E-state index contributed by atoms with van der Waals surface area (Å²) in [6.45, 7) is 1.73. The predicted octanol–water partition coefficient (Wildman–Crippen LogP) is 2.60. The molecule has 24 heavy (non-hydrogen) atoms. The van der Waals surface area contributed by atoms with Crippen LogP contribution in [0.4, 0.5) is 0 Å². The molecule has 0 amide bonds. The van der Waals surface area contributed by atoms with E-state index in [1.807, 2.05) is 31.3 Å². The minimum absolute atomic E-state index is 0.0441. The molecule has 3 aromatic rings. The Hall–Kier alpha value is -2.80. The number of rotatable bonds is 5. The SMILES string of the molecule is CN(Cc1nnc(-c2ccco2)o1)C[C@@H]1COc2ccccc2O1. The van der Waals surface area contributed by atoms with E-state index in [9.17, 15) is 0 Å². The van der Waals surface area contributed by atoms with Gasteiger partial charge in [0.25, 0.3) is 5.89 Å². The van der Waals surface area contributed by atoms with Crippen molar-refractivity contribution < 1.29 is 18.3 Å². The third kappa shape index (κ3) is 3.11. The van der Waals surface area contributed by atoms with Crippen LogP contribution in [0.1, 0.15) is 5.89 Å². The van der Waals surface area contributed by atoms with Gasteiger partial charge in [0.15, 0.2) is 17.3 Å². The summed E-state index contributed by atoms with van der Waals surface area (Å²) in [4.78, 5) is 2.06. The second-order valence-electron chi connectivity index (χ2n) is 5.67. The third-order valence-corrected chi connectivity index (χ3v) is 3.69. The molecule has 1 aliphatic heterocycles. The van der Waals surface area contributed by atoms with Gasteiger partial charge >= 0.3 is 0 Å². The maximum absolute atomic E-state index is 5.96. The van der Waals surface area contributed by atoms with Crippen molar-refractivity contribution in [3.05, 3.63) is 48.6 Å². The van der Waals surface area contributed by atoms with Crippen molar-refractivity contribution >= 4 is 0 Å². The monoisotopic (exact) mass is 327 g/mol. The lowest BCUT2D eigenvalue weighted by molar-refractivity contribution is 0.0619. The lowest BCUT2D eigenvalue weighted by Crippen LogP contribution is -2.39. The van der Waals surface area contributed by atoms with Crippen LogP contribution in [0, 0.1) is 0 Å². The summed E-state index contributed by atoms with van der Waals surface area (Å²) in [6.07, 6.45) is 1.53. The summed E-state index contributed by atoms with van der Waals surface area (Å²) < 4.78 is 22.5. The summed E-state index contributed by atoms with van der Waals surface area (Å²) in [5, 5.41) is 8.05. The van der Waals surface area contributed by atoms with Crippen molar-refractivity contribution in [2.45, 2.75) is 12.6 Å². The van der Waals surface area contributed by atoms with Gasteiger partial charge in [-0.05, 0) is 31.3 Å². The van der Waals surface area contributed by atoms with Crippen LogP contribution >= 0.6 is 0 Å². The highest BCUT2D eigenvalue weighted by Crippen LogP contribution is 2.31. The van der Waals surface area contributed by atoms with Gasteiger partial charge in [0.05, 0.1) is 12.8 Å². The van der Waals surface area contributed by atoms with Gasteiger partial charge < -0.3 is 18.3 Å².